The molecule has 1 N–H and O–H groups in total. The molecule has 3 aromatic rings. The first-order valence-corrected chi connectivity index (χ1v) is 11.6. The van der Waals surface area contributed by atoms with Crippen LogP contribution in [0.5, 0.6) is 5.75 Å². The third-order valence-electron chi connectivity index (χ3n) is 4.82. The number of carbonyl (C=O) groups excluding carboxylic acids is 1. The molecule has 0 saturated carbocycles. The zero-order valence-corrected chi connectivity index (χ0v) is 20.4. The van der Waals surface area contributed by atoms with Crippen LogP contribution < -0.4 is 4.90 Å². The van der Waals surface area contributed by atoms with E-state index in [9.17, 15) is 9.90 Å². The maximum Gasteiger partial charge on any atom is 0.267 e. The summed E-state index contributed by atoms with van der Waals surface area (Å²) in [4.78, 5) is 17.1. The number of hydrogen-bond donors (Lipinski definition) is 1. The summed E-state index contributed by atoms with van der Waals surface area (Å²) < 4.78 is 6.22. The van der Waals surface area contributed by atoms with Crippen molar-refractivity contribution in [3.8, 4) is 5.75 Å². The Labute approximate surface area is 204 Å². The van der Waals surface area contributed by atoms with E-state index < -0.39 is 0 Å². The number of hydrogen-bond acceptors (Lipinski definition) is 7. The van der Waals surface area contributed by atoms with Crippen LogP contribution in [-0.4, -0.2) is 41.4 Å². The van der Waals surface area contributed by atoms with Gasteiger partial charge in [-0.2, -0.15) is 5.10 Å². The van der Waals surface area contributed by atoms with Gasteiger partial charge in [0.05, 0.1) is 23.9 Å². The van der Waals surface area contributed by atoms with Gasteiger partial charge in [-0.1, -0.05) is 28.1 Å². The van der Waals surface area contributed by atoms with Gasteiger partial charge in [-0.05, 0) is 65.9 Å². The Hall–Kier alpha value is -3.30. The molecule has 33 heavy (non-hydrogen) atoms. The van der Waals surface area contributed by atoms with Crippen molar-refractivity contribution in [2.75, 3.05) is 19.0 Å². The van der Waals surface area contributed by atoms with Crippen molar-refractivity contribution in [2.45, 2.75) is 6.54 Å². The Bertz CT molecular complexity index is 1240. The summed E-state index contributed by atoms with van der Waals surface area (Å²) in [5.41, 5.74) is 2.52. The maximum absolute atomic E-state index is 13.1. The lowest BCUT2D eigenvalue weighted by Gasteiger charge is -2.12. The van der Waals surface area contributed by atoms with Crippen LogP contribution in [0.15, 0.2) is 84.9 Å². The molecule has 1 amide bonds. The average molecular weight is 525 g/mol. The fraction of sp³-hybridized carbons (Fsp3) is 0.125. The Morgan fingerprint density at radius 1 is 1.18 bits per heavy atom. The highest BCUT2D eigenvalue weighted by Crippen LogP contribution is 2.35. The molecule has 0 aliphatic carbocycles. The van der Waals surface area contributed by atoms with E-state index in [2.05, 4.69) is 26.1 Å². The van der Waals surface area contributed by atoms with Crippen molar-refractivity contribution in [1.29, 1.82) is 0 Å². The summed E-state index contributed by atoms with van der Waals surface area (Å²) in [5, 5.41) is 19.1. The number of benzene rings is 2. The summed E-state index contributed by atoms with van der Waals surface area (Å²) in [6.07, 6.45) is 4.85. The predicted molar refractivity (Wildman–Crippen MR) is 136 cm³/mol. The highest BCUT2D eigenvalue weighted by Gasteiger charge is 2.34. The third-order valence-corrected chi connectivity index (χ3v) is 6.31. The SMILES string of the molecule is CN(C)c1ccc(/C=N/N=C2\S/C(=C\c3cc(Br)ccc3O)C(=O)N2Cc2ccco2)cc1. The van der Waals surface area contributed by atoms with Crippen LogP contribution >= 0.6 is 27.7 Å². The molecule has 1 aliphatic heterocycles. The van der Waals surface area contributed by atoms with Crippen LogP contribution in [0, 0.1) is 0 Å². The van der Waals surface area contributed by atoms with Gasteiger partial charge >= 0.3 is 0 Å². The number of aromatic hydroxyl groups is 1. The van der Waals surface area contributed by atoms with Gasteiger partial charge in [-0.25, -0.2) is 0 Å². The number of furan rings is 1. The number of nitrogens with zero attached hydrogens (tertiary/aromatic N) is 4. The highest BCUT2D eigenvalue weighted by molar-refractivity contribution is 9.10. The lowest BCUT2D eigenvalue weighted by atomic mass is 10.2. The minimum absolute atomic E-state index is 0.0845. The first-order valence-electron chi connectivity index (χ1n) is 10.0. The molecule has 0 atom stereocenters. The van der Waals surface area contributed by atoms with Crippen LogP contribution in [0.3, 0.4) is 0 Å². The summed E-state index contributed by atoms with van der Waals surface area (Å²) in [6, 6.07) is 16.5. The highest BCUT2D eigenvalue weighted by atomic mass is 79.9. The summed E-state index contributed by atoms with van der Waals surface area (Å²) in [5.74, 6) is 0.479. The quantitative estimate of drug-likeness (QED) is 0.268. The monoisotopic (exact) mass is 524 g/mol. The average Bonchev–Trinajstić information content (AvgIpc) is 3.41. The van der Waals surface area contributed by atoms with E-state index in [-0.39, 0.29) is 18.2 Å². The molecule has 1 saturated heterocycles. The van der Waals surface area contributed by atoms with E-state index in [0.29, 0.717) is 21.4 Å². The fourth-order valence-electron chi connectivity index (χ4n) is 3.07. The normalized spacial score (nSPS) is 16.5. The molecule has 0 bridgehead atoms. The van der Waals surface area contributed by atoms with Crippen molar-refractivity contribution >= 4 is 56.7 Å². The zero-order chi connectivity index (χ0) is 23.4. The fourth-order valence-corrected chi connectivity index (χ4v) is 4.37. The van der Waals surface area contributed by atoms with E-state index in [1.165, 1.54) is 16.7 Å². The van der Waals surface area contributed by atoms with Gasteiger partial charge in [0.2, 0.25) is 0 Å². The molecule has 4 rings (SSSR count). The van der Waals surface area contributed by atoms with Crippen molar-refractivity contribution in [2.24, 2.45) is 10.2 Å². The van der Waals surface area contributed by atoms with Crippen LogP contribution in [-0.2, 0) is 11.3 Å². The number of phenolic OH excluding ortho intramolecular Hbond substituents is 1. The number of thioether (sulfide) groups is 1. The molecule has 1 fully saturated rings. The third kappa shape index (κ3) is 5.55. The molecule has 7 nitrogen and oxygen atoms in total. The number of rotatable bonds is 6. The van der Waals surface area contributed by atoms with Gasteiger partial charge in [-0.3, -0.25) is 9.69 Å². The van der Waals surface area contributed by atoms with Crippen molar-refractivity contribution in [3.63, 3.8) is 0 Å². The predicted octanol–water partition coefficient (Wildman–Crippen LogP) is 5.32. The Morgan fingerprint density at radius 3 is 2.67 bits per heavy atom. The number of halogens is 1. The summed E-state index contributed by atoms with van der Waals surface area (Å²) >= 11 is 4.59. The summed E-state index contributed by atoms with van der Waals surface area (Å²) in [6.45, 7) is 0.229. The Balaban J connectivity index is 1.61. The standard InChI is InChI=1S/C24H21BrN4O3S/c1-28(2)19-8-5-16(6-9-19)14-26-27-24-29(15-20-4-3-11-32-20)23(31)22(33-24)13-17-12-18(25)7-10-21(17)30/h3-14,30H,15H2,1-2H3/b22-13-,26-14+,27-24-. The van der Waals surface area contributed by atoms with Gasteiger partial charge < -0.3 is 14.4 Å². The second kappa shape index (κ2) is 10.1. The molecule has 168 valence electrons. The van der Waals surface area contributed by atoms with Crippen LogP contribution in [0.4, 0.5) is 5.69 Å². The smallest absolute Gasteiger partial charge is 0.267 e. The van der Waals surface area contributed by atoms with E-state index >= 15 is 0 Å². The molecule has 2 heterocycles. The lowest BCUT2D eigenvalue weighted by molar-refractivity contribution is -0.122. The maximum atomic E-state index is 13.1. The number of amidine groups is 1. The van der Waals surface area contributed by atoms with Gasteiger partial charge in [0.1, 0.15) is 11.5 Å². The van der Waals surface area contributed by atoms with E-state index in [4.69, 9.17) is 4.42 Å². The Kier molecular flexibility index (Phi) is 7.00. The van der Waals surface area contributed by atoms with E-state index in [1.54, 1.807) is 48.9 Å². The van der Waals surface area contributed by atoms with Gasteiger partial charge in [-0.15, -0.1) is 5.10 Å². The van der Waals surface area contributed by atoms with Crippen LogP contribution in [0.1, 0.15) is 16.9 Å². The second-order valence-electron chi connectivity index (χ2n) is 7.40. The van der Waals surface area contributed by atoms with Crippen molar-refractivity contribution in [3.05, 3.63) is 87.1 Å². The molecule has 9 heteroatoms. The molecular weight excluding hydrogens is 504 g/mol. The minimum atomic E-state index is -0.236. The number of phenols is 1. The largest absolute Gasteiger partial charge is 0.507 e. The second-order valence-corrected chi connectivity index (χ2v) is 9.32. The van der Waals surface area contributed by atoms with Crippen LogP contribution in [0.25, 0.3) is 6.08 Å². The van der Waals surface area contributed by atoms with Gasteiger partial charge in [0, 0.05) is 29.8 Å². The first kappa shape index (κ1) is 22.9. The molecule has 1 aliphatic rings. The van der Waals surface area contributed by atoms with Gasteiger partial charge in [0.15, 0.2) is 5.17 Å². The molecule has 1 aromatic heterocycles. The molecule has 2 aromatic carbocycles. The lowest BCUT2D eigenvalue weighted by Crippen LogP contribution is -2.28. The Morgan fingerprint density at radius 2 is 1.97 bits per heavy atom. The molecule has 0 unspecified atom stereocenters. The molecular formula is C24H21BrN4O3S. The first-order chi connectivity index (χ1) is 15.9. The topological polar surface area (TPSA) is 81.6 Å². The van der Waals surface area contributed by atoms with Crippen molar-refractivity contribution < 1.29 is 14.3 Å². The van der Waals surface area contributed by atoms with E-state index in [1.807, 2.05) is 43.3 Å². The van der Waals surface area contributed by atoms with E-state index in [0.717, 1.165) is 15.7 Å². The summed E-state index contributed by atoms with van der Waals surface area (Å²) in [7, 11) is 3.96. The number of anilines is 1. The number of amides is 1. The van der Waals surface area contributed by atoms with Gasteiger partial charge in [0.25, 0.3) is 5.91 Å². The zero-order valence-electron chi connectivity index (χ0n) is 18.0. The van der Waals surface area contributed by atoms with Crippen molar-refractivity contribution in [1.82, 2.24) is 4.90 Å². The minimum Gasteiger partial charge on any atom is -0.507 e. The molecule has 0 spiro atoms. The molecule has 0 radical (unpaired) electrons. The van der Waals surface area contributed by atoms with Crippen LogP contribution in [0.2, 0.25) is 0 Å². The number of carbonyl (C=O) groups is 1.